The van der Waals surface area contributed by atoms with Crippen LogP contribution in [0.25, 0.3) is 5.82 Å². The Morgan fingerprint density at radius 3 is 2.32 bits per heavy atom. The first-order valence-electron chi connectivity index (χ1n) is 8.76. The van der Waals surface area contributed by atoms with Gasteiger partial charge in [0.15, 0.2) is 11.5 Å². The fourth-order valence-electron chi connectivity index (χ4n) is 2.58. The predicted molar refractivity (Wildman–Crippen MR) is 109 cm³/mol. The number of rotatable bonds is 6. The SMILES string of the molecule is CCN(CC)C(=O)c1ccc(NC(=O)c2ccc(-n3cc(Br)cn3)nn2)cc1. The third kappa shape index (κ3) is 4.42. The standard InChI is InChI=1S/C19H19BrN6O2/c1-3-25(4-2)19(28)13-5-7-15(8-6-13)22-18(27)16-9-10-17(24-23-16)26-12-14(20)11-21-26/h5-12H,3-4H2,1-2H3,(H,22,27). The van der Waals surface area contributed by atoms with Gasteiger partial charge in [0.25, 0.3) is 11.8 Å². The third-order valence-electron chi connectivity index (χ3n) is 4.11. The molecule has 0 aliphatic heterocycles. The van der Waals surface area contributed by atoms with Gasteiger partial charge in [-0.15, -0.1) is 10.2 Å². The van der Waals surface area contributed by atoms with Crippen molar-refractivity contribution < 1.29 is 9.59 Å². The van der Waals surface area contributed by atoms with Gasteiger partial charge in [-0.05, 0) is 66.2 Å². The van der Waals surface area contributed by atoms with E-state index in [2.05, 4.69) is 36.5 Å². The molecule has 0 radical (unpaired) electrons. The van der Waals surface area contributed by atoms with Crippen LogP contribution in [0, 0.1) is 0 Å². The molecule has 0 unspecified atom stereocenters. The molecule has 28 heavy (non-hydrogen) atoms. The van der Waals surface area contributed by atoms with E-state index in [1.165, 1.54) is 0 Å². The van der Waals surface area contributed by atoms with Gasteiger partial charge >= 0.3 is 0 Å². The minimum Gasteiger partial charge on any atom is -0.339 e. The number of nitrogens with zero attached hydrogens (tertiary/aromatic N) is 5. The molecule has 3 aromatic rings. The number of halogens is 1. The summed E-state index contributed by atoms with van der Waals surface area (Å²) in [5, 5.41) is 14.8. The average Bonchev–Trinajstić information content (AvgIpc) is 3.16. The number of hydrogen-bond acceptors (Lipinski definition) is 5. The second-order valence-corrected chi connectivity index (χ2v) is 6.80. The zero-order valence-corrected chi connectivity index (χ0v) is 17.0. The molecule has 0 aliphatic rings. The van der Waals surface area contributed by atoms with E-state index in [4.69, 9.17) is 0 Å². The molecule has 9 heteroatoms. The normalized spacial score (nSPS) is 10.5. The molecule has 8 nitrogen and oxygen atoms in total. The van der Waals surface area contributed by atoms with Gasteiger partial charge in [-0.25, -0.2) is 4.68 Å². The van der Waals surface area contributed by atoms with Crippen molar-refractivity contribution in [2.24, 2.45) is 0 Å². The zero-order valence-electron chi connectivity index (χ0n) is 15.5. The predicted octanol–water partition coefficient (Wildman–Crippen LogP) is 3.16. The number of benzene rings is 1. The smallest absolute Gasteiger partial charge is 0.276 e. The van der Waals surface area contributed by atoms with Crippen molar-refractivity contribution in [2.45, 2.75) is 13.8 Å². The lowest BCUT2D eigenvalue weighted by molar-refractivity contribution is 0.0773. The highest BCUT2D eigenvalue weighted by Gasteiger charge is 2.13. The van der Waals surface area contributed by atoms with Crippen LogP contribution in [0.15, 0.2) is 53.3 Å². The minimum absolute atomic E-state index is 0.0328. The average molecular weight is 443 g/mol. The fraction of sp³-hybridized carbons (Fsp3) is 0.211. The highest BCUT2D eigenvalue weighted by Crippen LogP contribution is 2.14. The van der Waals surface area contributed by atoms with Crippen LogP contribution in [0.4, 0.5) is 5.69 Å². The first kappa shape index (κ1) is 19.7. The van der Waals surface area contributed by atoms with E-state index >= 15 is 0 Å². The highest BCUT2D eigenvalue weighted by molar-refractivity contribution is 9.10. The van der Waals surface area contributed by atoms with Crippen LogP contribution >= 0.6 is 15.9 Å². The topological polar surface area (TPSA) is 93.0 Å². The van der Waals surface area contributed by atoms with Crippen molar-refractivity contribution >= 4 is 33.4 Å². The van der Waals surface area contributed by atoms with Crippen molar-refractivity contribution in [3.8, 4) is 5.82 Å². The number of aromatic nitrogens is 4. The Morgan fingerprint density at radius 1 is 1.07 bits per heavy atom. The maximum Gasteiger partial charge on any atom is 0.276 e. The van der Waals surface area contributed by atoms with Crippen molar-refractivity contribution in [3.63, 3.8) is 0 Å². The van der Waals surface area contributed by atoms with Gasteiger partial charge in [0.2, 0.25) is 0 Å². The van der Waals surface area contributed by atoms with Crippen LogP contribution < -0.4 is 5.32 Å². The van der Waals surface area contributed by atoms with E-state index in [9.17, 15) is 9.59 Å². The molecule has 1 aromatic carbocycles. The molecular weight excluding hydrogens is 424 g/mol. The van der Waals surface area contributed by atoms with E-state index in [0.29, 0.717) is 30.2 Å². The number of amides is 2. The Labute approximate surface area is 170 Å². The quantitative estimate of drug-likeness (QED) is 0.632. The number of carbonyl (C=O) groups is 2. The lowest BCUT2D eigenvalue weighted by atomic mass is 10.1. The molecule has 2 aromatic heterocycles. The summed E-state index contributed by atoms with van der Waals surface area (Å²) in [7, 11) is 0. The summed E-state index contributed by atoms with van der Waals surface area (Å²) in [4.78, 5) is 26.4. The Bertz CT molecular complexity index is 965. The molecule has 1 N–H and O–H groups in total. The van der Waals surface area contributed by atoms with E-state index in [1.807, 2.05) is 13.8 Å². The second-order valence-electron chi connectivity index (χ2n) is 5.89. The van der Waals surface area contributed by atoms with Gasteiger partial charge in [-0.3, -0.25) is 9.59 Å². The Morgan fingerprint density at radius 2 is 1.79 bits per heavy atom. The van der Waals surface area contributed by atoms with Crippen LogP contribution in [-0.4, -0.2) is 49.8 Å². The fourth-order valence-corrected chi connectivity index (χ4v) is 2.86. The van der Waals surface area contributed by atoms with Gasteiger partial charge in [-0.1, -0.05) is 0 Å². The number of hydrogen-bond donors (Lipinski definition) is 1. The Balaban J connectivity index is 1.66. The van der Waals surface area contributed by atoms with E-state index in [1.54, 1.807) is 58.4 Å². The molecule has 2 amide bonds. The molecule has 0 saturated heterocycles. The lowest BCUT2D eigenvalue weighted by Crippen LogP contribution is -2.30. The van der Waals surface area contributed by atoms with Crippen molar-refractivity contribution in [2.75, 3.05) is 18.4 Å². The van der Waals surface area contributed by atoms with Gasteiger partial charge in [0, 0.05) is 30.5 Å². The number of nitrogens with one attached hydrogen (secondary N) is 1. The number of anilines is 1. The lowest BCUT2D eigenvalue weighted by Gasteiger charge is -2.18. The van der Waals surface area contributed by atoms with E-state index < -0.39 is 0 Å². The largest absolute Gasteiger partial charge is 0.339 e. The van der Waals surface area contributed by atoms with Crippen molar-refractivity contribution in [1.82, 2.24) is 24.9 Å². The minimum atomic E-state index is -0.386. The molecule has 144 valence electrons. The van der Waals surface area contributed by atoms with Crippen LogP contribution in [-0.2, 0) is 0 Å². The third-order valence-corrected chi connectivity index (χ3v) is 4.52. The number of carbonyl (C=O) groups excluding carboxylic acids is 2. The van der Waals surface area contributed by atoms with Crippen LogP contribution in [0.1, 0.15) is 34.7 Å². The van der Waals surface area contributed by atoms with Crippen LogP contribution in [0.3, 0.4) is 0 Å². The highest BCUT2D eigenvalue weighted by atomic mass is 79.9. The summed E-state index contributed by atoms with van der Waals surface area (Å²) in [5.74, 6) is 0.0830. The molecule has 0 atom stereocenters. The summed E-state index contributed by atoms with van der Waals surface area (Å²) >= 11 is 3.31. The summed E-state index contributed by atoms with van der Waals surface area (Å²) in [6.07, 6.45) is 3.38. The van der Waals surface area contributed by atoms with Gasteiger partial charge in [-0.2, -0.15) is 5.10 Å². The Hall–Kier alpha value is -3.07. The van der Waals surface area contributed by atoms with Crippen molar-refractivity contribution in [1.29, 1.82) is 0 Å². The van der Waals surface area contributed by atoms with Gasteiger partial charge < -0.3 is 10.2 Å². The maximum absolute atomic E-state index is 12.4. The van der Waals surface area contributed by atoms with Crippen LogP contribution in [0.2, 0.25) is 0 Å². The maximum atomic E-state index is 12.4. The first-order chi connectivity index (χ1) is 13.5. The molecule has 0 spiro atoms. The summed E-state index contributed by atoms with van der Waals surface area (Å²) in [6.45, 7) is 5.18. The Kier molecular flexibility index (Phi) is 6.15. The first-order valence-corrected chi connectivity index (χ1v) is 9.56. The monoisotopic (exact) mass is 442 g/mol. The molecule has 0 aliphatic carbocycles. The molecule has 0 fully saturated rings. The second kappa shape index (κ2) is 8.75. The molecule has 0 bridgehead atoms. The van der Waals surface area contributed by atoms with Gasteiger partial charge in [0.1, 0.15) is 0 Å². The van der Waals surface area contributed by atoms with Crippen molar-refractivity contribution in [3.05, 3.63) is 64.5 Å². The summed E-state index contributed by atoms with van der Waals surface area (Å²) in [5.41, 5.74) is 1.33. The van der Waals surface area contributed by atoms with Crippen LogP contribution in [0.5, 0.6) is 0 Å². The summed E-state index contributed by atoms with van der Waals surface area (Å²) < 4.78 is 2.36. The molecule has 3 rings (SSSR count). The van der Waals surface area contributed by atoms with E-state index in [-0.39, 0.29) is 17.5 Å². The summed E-state index contributed by atoms with van der Waals surface area (Å²) in [6, 6.07) is 10.0. The molecule has 2 heterocycles. The van der Waals surface area contributed by atoms with E-state index in [0.717, 1.165) is 4.47 Å². The molecule has 0 saturated carbocycles. The molecular formula is C19H19BrN6O2. The van der Waals surface area contributed by atoms with Gasteiger partial charge in [0.05, 0.1) is 10.7 Å². The zero-order chi connectivity index (χ0) is 20.1.